The molecule has 1 aromatic carbocycles. The molecule has 2 atom stereocenters. The molecule has 1 heterocycles. The lowest BCUT2D eigenvalue weighted by molar-refractivity contribution is 0.104. The molecule has 0 amide bonds. The number of allylic oxidation sites excluding steroid dienone is 1. The second kappa shape index (κ2) is 5.11. The van der Waals surface area contributed by atoms with E-state index in [2.05, 4.69) is 23.5 Å². The molecule has 0 unspecified atom stereocenters. The summed E-state index contributed by atoms with van der Waals surface area (Å²) in [6, 6.07) is 4.00. The van der Waals surface area contributed by atoms with Gasteiger partial charge in [-0.3, -0.25) is 0 Å². The minimum Gasteiger partial charge on any atom is -0.493 e. The summed E-state index contributed by atoms with van der Waals surface area (Å²) in [4.78, 5) is 0. The Morgan fingerprint density at radius 2 is 2.35 bits per heavy atom. The Bertz CT molecular complexity index is 541. The Morgan fingerprint density at radius 1 is 1.50 bits per heavy atom. The number of rotatable bonds is 4. The summed E-state index contributed by atoms with van der Waals surface area (Å²) in [7, 11) is 3.58. The minimum absolute atomic E-state index is 0.000550. The first kappa shape index (κ1) is 13.5. The highest BCUT2D eigenvalue weighted by atomic mass is 16.5. The predicted molar refractivity (Wildman–Crippen MR) is 77.3 cm³/mol. The number of aliphatic hydroxyl groups excluding tert-OH is 1. The highest BCUT2D eigenvalue weighted by molar-refractivity contribution is 5.60. The van der Waals surface area contributed by atoms with Crippen molar-refractivity contribution in [1.29, 1.82) is 0 Å². The van der Waals surface area contributed by atoms with Gasteiger partial charge in [0.1, 0.15) is 6.10 Å². The van der Waals surface area contributed by atoms with Crippen LogP contribution in [-0.4, -0.2) is 32.0 Å². The topological polar surface area (TPSA) is 50.7 Å². The Balaban J connectivity index is 2.21. The predicted octanol–water partition coefficient (Wildman–Crippen LogP) is 1.76. The molecule has 1 aliphatic heterocycles. The number of methoxy groups -OCH3 is 1. The zero-order valence-electron chi connectivity index (χ0n) is 12.0. The van der Waals surface area contributed by atoms with Gasteiger partial charge in [-0.05, 0) is 31.5 Å². The molecule has 4 nitrogen and oxygen atoms in total. The molecule has 0 bridgehead atoms. The maximum Gasteiger partial charge on any atom is 0.166 e. The van der Waals surface area contributed by atoms with Gasteiger partial charge in [0.25, 0.3) is 0 Å². The SMILES string of the molecule is CNCc1ccc(OC)c2c1[C@]1(CO)C=CCC[C@@H]1O2. The van der Waals surface area contributed by atoms with Crippen LogP contribution in [0.15, 0.2) is 24.3 Å². The summed E-state index contributed by atoms with van der Waals surface area (Å²) in [5.41, 5.74) is 1.81. The minimum atomic E-state index is -0.422. The van der Waals surface area contributed by atoms with Crippen LogP contribution < -0.4 is 14.8 Å². The average Bonchev–Trinajstić information content (AvgIpc) is 2.84. The smallest absolute Gasteiger partial charge is 0.166 e. The molecule has 0 saturated carbocycles. The molecule has 1 aliphatic carbocycles. The molecule has 0 fully saturated rings. The van der Waals surface area contributed by atoms with E-state index in [1.807, 2.05) is 13.1 Å². The van der Waals surface area contributed by atoms with Gasteiger partial charge in [-0.1, -0.05) is 18.2 Å². The van der Waals surface area contributed by atoms with Gasteiger partial charge >= 0.3 is 0 Å². The fourth-order valence-electron chi connectivity index (χ4n) is 3.42. The highest BCUT2D eigenvalue weighted by Gasteiger charge is 2.50. The number of aliphatic hydroxyl groups is 1. The molecule has 2 aliphatic rings. The number of hydrogen-bond acceptors (Lipinski definition) is 4. The number of benzene rings is 1. The van der Waals surface area contributed by atoms with Gasteiger partial charge in [0.2, 0.25) is 0 Å². The third-order valence-corrected chi connectivity index (χ3v) is 4.37. The first-order chi connectivity index (χ1) is 9.76. The van der Waals surface area contributed by atoms with Crippen molar-refractivity contribution in [1.82, 2.24) is 5.32 Å². The van der Waals surface area contributed by atoms with Crippen molar-refractivity contribution in [2.24, 2.45) is 0 Å². The van der Waals surface area contributed by atoms with Crippen molar-refractivity contribution in [3.63, 3.8) is 0 Å². The van der Waals surface area contributed by atoms with E-state index in [4.69, 9.17) is 9.47 Å². The summed E-state index contributed by atoms with van der Waals surface area (Å²) < 4.78 is 11.6. The van der Waals surface area contributed by atoms with Crippen LogP contribution in [0, 0.1) is 0 Å². The van der Waals surface area contributed by atoms with E-state index in [1.165, 1.54) is 0 Å². The normalized spacial score (nSPS) is 26.9. The number of fused-ring (bicyclic) bond motifs is 3. The monoisotopic (exact) mass is 275 g/mol. The van der Waals surface area contributed by atoms with Crippen LogP contribution in [0.25, 0.3) is 0 Å². The van der Waals surface area contributed by atoms with Gasteiger partial charge in [-0.15, -0.1) is 0 Å². The van der Waals surface area contributed by atoms with Gasteiger partial charge in [0.05, 0.1) is 19.1 Å². The van der Waals surface area contributed by atoms with E-state index in [1.54, 1.807) is 7.11 Å². The molecule has 3 rings (SSSR count). The zero-order valence-corrected chi connectivity index (χ0v) is 12.0. The Hall–Kier alpha value is -1.52. The second-order valence-electron chi connectivity index (χ2n) is 5.45. The summed E-state index contributed by atoms with van der Waals surface area (Å²) >= 11 is 0. The first-order valence-corrected chi connectivity index (χ1v) is 7.07. The molecule has 0 spiro atoms. The number of nitrogens with one attached hydrogen (secondary N) is 1. The van der Waals surface area contributed by atoms with Gasteiger partial charge in [0, 0.05) is 12.1 Å². The van der Waals surface area contributed by atoms with Crippen molar-refractivity contribution in [2.75, 3.05) is 20.8 Å². The van der Waals surface area contributed by atoms with Crippen molar-refractivity contribution < 1.29 is 14.6 Å². The van der Waals surface area contributed by atoms with E-state index in [-0.39, 0.29) is 12.7 Å². The maximum absolute atomic E-state index is 10.1. The molecule has 0 radical (unpaired) electrons. The lowest BCUT2D eigenvalue weighted by Crippen LogP contribution is -2.42. The molecule has 1 aromatic rings. The average molecular weight is 275 g/mol. The lowest BCUT2D eigenvalue weighted by Gasteiger charge is -2.33. The Morgan fingerprint density at radius 3 is 3.05 bits per heavy atom. The van der Waals surface area contributed by atoms with E-state index in [0.29, 0.717) is 0 Å². The van der Waals surface area contributed by atoms with Gasteiger partial charge in [-0.25, -0.2) is 0 Å². The van der Waals surface area contributed by atoms with E-state index in [9.17, 15) is 5.11 Å². The van der Waals surface area contributed by atoms with Crippen LogP contribution in [0.5, 0.6) is 11.5 Å². The van der Waals surface area contributed by atoms with Crippen molar-refractivity contribution in [3.05, 3.63) is 35.4 Å². The Labute approximate surface area is 119 Å². The molecule has 2 N–H and O–H groups in total. The van der Waals surface area contributed by atoms with Crippen LogP contribution in [0.2, 0.25) is 0 Å². The van der Waals surface area contributed by atoms with Crippen LogP contribution in [0.3, 0.4) is 0 Å². The lowest BCUT2D eigenvalue weighted by atomic mass is 9.71. The van der Waals surface area contributed by atoms with Gasteiger partial charge in [-0.2, -0.15) is 0 Å². The third-order valence-electron chi connectivity index (χ3n) is 4.37. The van der Waals surface area contributed by atoms with E-state index < -0.39 is 5.41 Å². The number of ether oxygens (including phenoxy) is 2. The summed E-state index contributed by atoms with van der Waals surface area (Å²) in [5, 5.41) is 13.2. The third kappa shape index (κ3) is 1.75. The van der Waals surface area contributed by atoms with Crippen LogP contribution >= 0.6 is 0 Å². The van der Waals surface area contributed by atoms with Crippen LogP contribution in [-0.2, 0) is 12.0 Å². The quantitative estimate of drug-likeness (QED) is 0.822. The standard InChI is InChI=1S/C16H21NO3/c1-17-9-11-6-7-12(19-2)15-14(11)16(10-18)8-4-3-5-13(16)20-15/h4,6-8,13,17-18H,3,5,9-10H2,1-2H3/t13-,16-/m0/s1. The molecule has 108 valence electrons. The molecular weight excluding hydrogens is 254 g/mol. The van der Waals surface area contributed by atoms with Gasteiger partial charge < -0.3 is 19.9 Å². The summed E-state index contributed by atoms with van der Waals surface area (Å²) in [5.74, 6) is 1.54. The largest absolute Gasteiger partial charge is 0.493 e. The van der Waals surface area contributed by atoms with Crippen molar-refractivity contribution in [3.8, 4) is 11.5 Å². The fourth-order valence-corrected chi connectivity index (χ4v) is 3.42. The second-order valence-corrected chi connectivity index (χ2v) is 5.45. The maximum atomic E-state index is 10.1. The fraction of sp³-hybridized carbons (Fsp3) is 0.500. The molecule has 20 heavy (non-hydrogen) atoms. The van der Waals surface area contributed by atoms with Gasteiger partial charge in [0.15, 0.2) is 11.5 Å². The molecule has 0 saturated heterocycles. The summed E-state index contributed by atoms with van der Waals surface area (Å²) in [6.07, 6.45) is 6.18. The first-order valence-electron chi connectivity index (χ1n) is 7.07. The van der Waals surface area contributed by atoms with E-state index >= 15 is 0 Å². The summed E-state index contributed by atoms with van der Waals surface area (Å²) in [6.45, 7) is 0.809. The zero-order chi connectivity index (χ0) is 14.2. The van der Waals surface area contributed by atoms with Crippen LogP contribution in [0.1, 0.15) is 24.0 Å². The molecular formula is C16H21NO3. The number of hydrogen-bond donors (Lipinski definition) is 2. The van der Waals surface area contributed by atoms with E-state index in [0.717, 1.165) is 42.0 Å². The van der Waals surface area contributed by atoms with Crippen molar-refractivity contribution in [2.45, 2.75) is 30.9 Å². The molecule has 4 heteroatoms. The highest BCUT2D eigenvalue weighted by Crippen LogP contribution is 2.52. The van der Waals surface area contributed by atoms with Crippen molar-refractivity contribution >= 4 is 0 Å². The molecule has 0 aromatic heterocycles. The van der Waals surface area contributed by atoms with Crippen LogP contribution in [0.4, 0.5) is 0 Å². The Kier molecular flexibility index (Phi) is 3.44.